The number of urea groups is 1. The summed E-state index contributed by atoms with van der Waals surface area (Å²) >= 11 is 0. The Balaban J connectivity index is 1.52. The number of aromatic nitrogens is 2. The average molecular weight is 355 g/mol. The summed E-state index contributed by atoms with van der Waals surface area (Å²) < 4.78 is 22.3. The first-order valence-corrected chi connectivity index (χ1v) is 10.2. The van der Waals surface area contributed by atoms with Crippen LogP contribution in [0.3, 0.4) is 0 Å². The minimum absolute atomic E-state index is 0.0658. The molecular weight excluding hydrogens is 330 g/mol. The van der Waals surface area contributed by atoms with Crippen LogP contribution in [0.2, 0.25) is 0 Å². The average Bonchev–Trinajstić information content (AvgIpc) is 3.04. The summed E-state index contributed by atoms with van der Waals surface area (Å²) in [7, 11) is -3.49. The largest absolute Gasteiger partial charge is 0.332 e. The molecule has 1 atom stereocenters. The van der Waals surface area contributed by atoms with Crippen molar-refractivity contribution in [2.45, 2.75) is 45.1 Å². The zero-order chi connectivity index (χ0) is 17.2. The highest BCUT2D eigenvalue weighted by molar-refractivity contribution is 7.89. The topological polar surface area (TPSA) is 121 Å². The summed E-state index contributed by atoms with van der Waals surface area (Å²) in [5.41, 5.74) is 3.37. The second-order valence-electron chi connectivity index (χ2n) is 6.78. The predicted molar refractivity (Wildman–Crippen MR) is 89.7 cm³/mol. The molecule has 24 heavy (non-hydrogen) atoms. The number of nitrogens with zero attached hydrogens (tertiary/aromatic N) is 2. The standard InChI is InChI=1S/C15H25N5O3S/c16-24(22,23)10-11-6-7-20(9-11)15(21)17-8-14-12-4-2-1-3-5-13(12)18-19-14/h11H,1-10H2,(H,17,21)(H,18,19)(H2,16,22,23). The van der Waals surface area contributed by atoms with E-state index >= 15 is 0 Å². The summed E-state index contributed by atoms with van der Waals surface area (Å²) in [5, 5.41) is 15.4. The first-order valence-electron chi connectivity index (χ1n) is 8.50. The number of hydrogen-bond acceptors (Lipinski definition) is 4. The fourth-order valence-electron chi connectivity index (χ4n) is 3.63. The van der Waals surface area contributed by atoms with Crippen LogP contribution in [-0.2, 0) is 29.4 Å². The van der Waals surface area contributed by atoms with Gasteiger partial charge in [0.15, 0.2) is 0 Å². The summed E-state index contributed by atoms with van der Waals surface area (Å²) in [6, 6.07) is -0.169. The number of fused-ring (bicyclic) bond motifs is 1. The van der Waals surface area contributed by atoms with Crippen LogP contribution in [-0.4, -0.2) is 48.4 Å². The lowest BCUT2D eigenvalue weighted by Gasteiger charge is -2.17. The van der Waals surface area contributed by atoms with Gasteiger partial charge in [0.25, 0.3) is 0 Å². The number of nitrogens with two attached hydrogens (primary N) is 1. The third-order valence-electron chi connectivity index (χ3n) is 4.84. The number of carbonyl (C=O) groups excluding carboxylic acids is 1. The number of rotatable bonds is 4. The zero-order valence-electron chi connectivity index (χ0n) is 13.8. The van der Waals surface area contributed by atoms with Crippen LogP contribution < -0.4 is 10.5 Å². The molecule has 0 bridgehead atoms. The van der Waals surface area contributed by atoms with Gasteiger partial charge in [0, 0.05) is 18.8 Å². The van der Waals surface area contributed by atoms with E-state index in [-0.39, 0.29) is 17.7 Å². The van der Waals surface area contributed by atoms with Gasteiger partial charge in [0.05, 0.1) is 18.0 Å². The van der Waals surface area contributed by atoms with E-state index in [2.05, 4.69) is 15.5 Å². The maximum absolute atomic E-state index is 12.3. The molecule has 3 rings (SSSR count). The fraction of sp³-hybridized carbons (Fsp3) is 0.733. The molecule has 1 saturated heterocycles. The van der Waals surface area contributed by atoms with Crippen LogP contribution in [0.25, 0.3) is 0 Å². The van der Waals surface area contributed by atoms with Gasteiger partial charge in [-0.15, -0.1) is 0 Å². The Morgan fingerprint density at radius 3 is 2.92 bits per heavy atom. The molecule has 1 fully saturated rings. The number of primary sulfonamides is 1. The van der Waals surface area contributed by atoms with Gasteiger partial charge in [0.2, 0.25) is 10.0 Å². The SMILES string of the molecule is NS(=O)(=O)CC1CCN(C(=O)NCc2n[nH]c3c2CCCCC3)C1. The molecule has 1 unspecified atom stereocenters. The normalized spacial score (nSPS) is 21.4. The lowest BCUT2D eigenvalue weighted by Crippen LogP contribution is -2.38. The second-order valence-corrected chi connectivity index (χ2v) is 8.44. The molecular formula is C15H25N5O3S. The van der Waals surface area contributed by atoms with E-state index in [1.807, 2.05) is 0 Å². The Labute approximate surface area is 142 Å². The Bertz CT molecular complexity index is 700. The van der Waals surface area contributed by atoms with Crippen molar-refractivity contribution in [3.05, 3.63) is 17.0 Å². The lowest BCUT2D eigenvalue weighted by atomic mass is 10.1. The van der Waals surface area contributed by atoms with Gasteiger partial charge >= 0.3 is 6.03 Å². The van der Waals surface area contributed by atoms with Crippen molar-refractivity contribution in [3.8, 4) is 0 Å². The number of H-pyrrole nitrogens is 1. The van der Waals surface area contributed by atoms with Gasteiger partial charge in [0.1, 0.15) is 0 Å². The van der Waals surface area contributed by atoms with E-state index < -0.39 is 10.0 Å². The number of carbonyl (C=O) groups is 1. The Kier molecular flexibility index (Phi) is 5.09. The van der Waals surface area contributed by atoms with Crippen LogP contribution in [0.5, 0.6) is 0 Å². The summed E-state index contributed by atoms with van der Waals surface area (Å²) in [4.78, 5) is 13.9. The first kappa shape index (κ1) is 17.2. The van der Waals surface area contributed by atoms with Crippen LogP contribution >= 0.6 is 0 Å². The van der Waals surface area contributed by atoms with E-state index in [4.69, 9.17) is 5.14 Å². The smallest absolute Gasteiger partial charge is 0.317 e. The van der Waals surface area contributed by atoms with Gasteiger partial charge < -0.3 is 10.2 Å². The summed E-state index contributed by atoms with van der Waals surface area (Å²) in [6.07, 6.45) is 6.28. The molecule has 8 nitrogen and oxygen atoms in total. The lowest BCUT2D eigenvalue weighted by molar-refractivity contribution is 0.207. The molecule has 0 aromatic carbocycles. The van der Waals surface area contributed by atoms with E-state index in [1.165, 1.54) is 24.1 Å². The van der Waals surface area contributed by atoms with Crippen LogP contribution in [0.15, 0.2) is 0 Å². The molecule has 1 aliphatic heterocycles. The van der Waals surface area contributed by atoms with Crippen LogP contribution in [0.1, 0.15) is 42.6 Å². The molecule has 134 valence electrons. The molecule has 1 aromatic rings. The number of aromatic amines is 1. The third-order valence-corrected chi connectivity index (χ3v) is 5.78. The number of hydrogen-bond donors (Lipinski definition) is 3. The Morgan fingerprint density at radius 1 is 1.33 bits per heavy atom. The van der Waals surface area contributed by atoms with E-state index in [1.54, 1.807) is 4.90 Å². The second kappa shape index (κ2) is 7.10. The summed E-state index contributed by atoms with van der Waals surface area (Å²) in [5.74, 6) is -0.142. The molecule has 1 aliphatic carbocycles. The van der Waals surface area contributed by atoms with Crippen molar-refractivity contribution in [2.24, 2.45) is 11.1 Å². The molecule has 4 N–H and O–H groups in total. The third kappa shape index (κ3) is 4.27. The van der Waals surface area contributed by atoms with Crippen molar-refractivity contribution in [3.63, 3.8) is 0 Å². The van der Waals surface area contributed by atoms with Gasteiger partial charge in [-0.05, 0) is 43.6 Å². The van der Waals surface area contributed by atoms with Crippen LogP contribution in [0.4, 0.5) is 4.79 Å². The van der Waals surface area contributed by atoms with Crippen molar-refractivity contribution < 1.29 is 13.2 Å². The van der Waals surface area contributed by atoms with Gasteiger partial charge in [-0.1, -0.05) is 6.42 Å². The molecule has 9 heteroatoms. The van der Waals surface area contributed by atoms with Crippen LogP contribution in [0, 0.1) is 5.92 Å². The van der Waals surface area contributed by atoms with E-state index in [9.17, 15) is 13.2 Å². The maximum atomic E-state index is 12.3. The van der Waals surface area contributed by atoms with Crippen molar-refractivity contribution in [1.82, 2.24) is 20.4 Å². The van der Waals surface area contributed by atoms with Gasteiger partial charge in [-0.25, -0.2) is 18.4 Å². The highest BCUT2D eigenvalue weighted by Gasteiger charge is 2.29. The van der Waals surface area contributed by atoms with E-state index in [0.717, 1.165) is 25.0 Å². The van der Waals surface area contributed by atoms with Crippen molar-refractivity contribution in [2.75, 3.05) is 18.8 Å². The molecule has 2 aliphatic rings. The number of likely N-dealkylation sites (tertiary alicyclic amines) is 1. The molecule has 0 radical (unpaired) electrons. The Hall–Kier alpha value is -1.61. The highest BCUT2D eigenvalue weighted by Crippen LogP contribution is 2.22. The number of sulfonamides is 1. The molecule has 0 saturated carbocycles. The molecule has 2 heterocycles. The number of nitrogens with one attached hydrogen (secondary N) is 2. The van der Waals surface area contributed by atoms with Gasteiger partial charge in [-0.3, -0.25) is 5.10 Å². The monoisotopic (exact) mass is 355 g/mol. The molecule has 0 spiro atoms. The predicted octanol–water partition coefficient (Wildman–Crippen LogP) is 0.499. The first-order chi connectivity index (χ1) is 11.4. The minimum atomic E-state index is -3.49. The minimum Gasteiger partial charge on any atom is -0.332 e. The molecule has 2 amide bonds. The number of aryl methyl sites for hydroxylation is 1. The Morgan fingerprint density at radius 2 is 2.12 bits per heavy atom. The van der Waals surface area contributed by atoms with Gasteiger partial charge in [-0.2, -0.15) is 5.10 Å². The maximum Gasteiger partial charge on any atom is 0.317 e. The van der Waals surface area contributed by atoms with E-state index in [0.29, 0.717) is 26.1 Å². The fourth-order valence-corrected chi connectivity index (χ4v) is 4.55. The highest BCUT2D eigenvalue weighted by atomic mass is 32.2. The number of amides is 2. The molecule has 1 aromatic heterocycles. The quantitative estimate of drug-likeness (QED) is 0.681. The zero-order valence-corrected chi connectivity index (χ0v) is 14.6. The summed E-state index contributed by atoms with van der Waals surface area (Å²) in [6.45, 7) is 1.40. The van der Waals surface area contributed by atoms with Crippen molar-refractivity contribution >= 4 is 16.1 Å². The van der Waals surface area contributed by atoms with Crippen molar-refractivity contribution in [1.29, 1.82) is 0 Å².